The van der Waals surface area contributed by atoms with Crippen molar-refractivity contribution in [1.29, 1.82) is 0 Å². The summed E-state index contributed by atoms with van der Waals surface area (Å²) in [4.78, 5) is 35.0. The van der Waals surface area contributed by atoms with Crippen LogP contribution in [-0.4, -0.2) is 45.4 Å². The highest BCUT2D eigenvalue weighted by Gasteiger charge is 2.16. The van der Waals surface area contributed by atoms with E-state index in [9.17, 15) is 24.6 Å². The average molecular weight is 463 g/mol. The van der Waals surface area contributed by atoms with Gasteiger partial charge in [-0.25, -0.2) is 15.0 Å². The number of aryl methyl sites for hydroxylation is 3. The number of aromatic carboxylic acids is 2. The molecule has 0 bridgehead atoms. The Morgan fingerprint density at radius 2 is 1.56 bits per heavy atom. The molecule has 0 aliphatic carbocycles. The molecule has 34 heavy (non-hydrogen) atoms. The molecule has 0 saturated carbocycles. The first kappa shape index (κ1) is 24.2. The molecule has 0 saturated heterocycles. The highest BCUT2D eigenvalue weighted by atomic mass is 16.4. The SMILES string of the molecule is Cc1ccc(NCC(=O)N/N=C\c2cc(C)n(-c3cc(C(=O)O)cc(C(=O)O)c3)c2C)cc1C. The molecule has 1 amide bonds. The summed E-state index contributed by atoms with van der Waals surface area (Å²) in [6.45, 7) is 7.68. The second-order valence-corrected chi connectivity index (χ2v) is 7.99. The number of rotatable bonds is 8. The van der Waals surface area contributed by atoms with Crippen LogP contribution in [0.2, 0.25) is 0 Å². The number of anilines is 1. The largest absolute Gasteiger partial charge is 0.478 e. The second kappa shape index (κ2) is 10.0. The van der Waals surface area contributed by atoms with Gasteiger partial charge in [-0.2, -0.15) is 5.10 Å². The highest BCUT2D eigenvalue weighted by Crippen LogP contribution is 2.22. The third kappa shape index (κ3) is 5.50. The molecule has 3 aromatic rings. The molecule has 0 unspecified atom stereocenters. The Bertz CT molecular complexity index is 1270. The third-order valence-electron chi connectivity index (χ3n) is 5.49. The molecule has 0 aliphatic heterocycles. The minimum Gasteiger partial charge on any atom is -0.478 e. The normalized spacial score (nSPS) is 10.9. The number of hydrogen-bond donors (Lipinski definition) is 4. The van der Waals surface area contributed by atoms with E-state index < -0.39 is 11.9 Å². The standard InChI is InChI=1S/C25H26N4O5/c1-14-5-6-21(7-15(14)2)26-13-23(30)28-27-12-20-8-16(3)29(17(20)4)22-10-18(24(31)32)9-19(11-22)25(33)34/h5-12,26H,13H2,1-4H3,(H,28,30)(H,31,32)(H,33,34)/b27-12-. The van der Waals surface area contributed by atoms with Gasteiger partial charge in [-0.15, -0.1) is 0 Å². The quantitative estimate of drug-likeness (QED) is 0.298. The lowest BCUT2D eigenvalue weighted by Crippen LogP contribution is -2.25. The Balaban J connectivity index is 1.74. The van der Waals surface area contributed by atoms with Gasteiger partial charge in [0.2, 0.25) is 0 Å². The summed E-state index contributed by atoms with van der Waals surface area (Å²) < 4.78 is 1.74. The molecule has 0 fully saturated rings. The molecule has 2 aromatic carbocycles. The molecule has 1 aromatic heterocycles. The molecule has 0 atom stereocenters. The minimum atomic E-state index is -1.22. The van der Waals surface area contributed by atoms with Crippen molar-refractivity contribution < 1.29 is 24.6 Å². The fourth-order valence-electron chi connectivity index (χ4n) is 3.55. The molecular formula is C25H26N4O5. The molecular weight excluding hydrogens is 436 g/mol. The van der Waals surface area contributed by atoms with Crippen LogP contribution < -0.4 is 10.7 Å². The molecule has 3 rings (SSSR count). The number of aromatic nitrogens is 1. The van der Waals surface area contributed by atoms with Crippen LogP contribution in [0, 0.1) is 27.7 Å². The van der Waals surface area contributed by atoms with E-state index in [1.807, 2.05) is 45.0 Å². The van der Waals surface area contributed by atoms with Gasteiger partial charge in [0.25, 0.3) is 5.91 Å². The van der Waals surface area contributed by atoms with E-state index in [1.54, 1.807) is 11.5 Å². The summed E-state index contributed by atoms with van der Waals surface area (Å²) in [5.74, 6) is -2.75. The van der Waals surface area contributed by atoms with Gasteiger partial charge in [0.1, 0.15) is 0 Å². The van der Waals surface area contributed by atoms with E-state index in [0.29, 0.717) is 16.9 Å². The third-order valence-corrected chi connectivity index (χ3v) is 5.49. The maximum Gasteiger partial charge on any atom is 0.335 e. The fourth-order valence-corrected chi connectivity index (χ4v) is 3.55. The van der Waals surface area contributed by atoms with E-state index in [1.165, 1.54) is 23.9 Å². The first-order chi connectivity index (χ1) is 16.1. The lowest BCUT2D eigenvalue weighted by atomic mass is 10.1. The summed E-state index contributed by atoms with van der Waals surface area (Å²) in [5.41, 5.74) is 7.93. The lowest BCUT2D eigenvalue weighted by molar-refractivity contribution is -0.119. The van der Waals surface area contributed by atoms with Crippen LogP contribution in [0.4, 0.5) is 5.69 Å². The number of carbonyl (C=O) groups excluding carboxylic acids is 1. The number of benzene rings is 2. The van der Waals surface area contributed by atoms with Gasteiger partial charge in [0.15, 0.2) is 0 Å². The van der Waals surface area contributed by atoms with Crippen molar-refractivity contribution in [1.82, 2.24) is 9.99 Å². The topological polar surface area (TPSA) is 133 Å². The Morgan fingerprint density at radius 1 is 0.912 bits per heavy atom. The van der Waals surface area contributed by atoms with Crippen molar-refractivity contribution in [2.75, 3.05) is 11.9 Å². The molecule has 0 spiro atoms. The van der Waals surface area contributed by atoms with Crippen LogP contribution in [-0.2, 0) is 4.79 Å². The predicted molar refractivity (Wildman–Crippen MR) is 129 cm³/mol. The number of carboxylic acids is 2. The van der Waals surface area contributed by atoms with Gasteiger partial charge in [0, 0.05) is 28.3 Å². The number of hydrogen-bond acceptors (Lipinski definition) is 5. The number of amides is 1. The number of carboxylic acid groups (broad SMARTS) is 2. The van der Waals surface area contributed by atoms with Crippen LogP contribution in [0.5, 0.6) is 0 Å². The van der Waals surface area contributed by atoms with E-state index in [4.69, 9.17) is 0 Å². The van der Waals surface area contributed by atoms with Gasteiger partial charge in [-0.3, -0.25) is 4.79 Å². The summed E-state index contributed by atoms with van der Waals surface area (Å²) in [7, 11) is 0. The molecule has 0 radical (unpaired) electrons. The van der Waals surface area contributed by atoms with Crippen molar-refractivity contribution in [3.8, 4) is 5.69 Å². The predicted octanol–water partition coefficient (Wildman–Crippen LogP) is 3.67. The molecule has 9 nitrogen and oxygen atoms in total. The second-order valence-electron chi connectivity index (χ2n) is 7.99. The zero-order valence-electron chi connectivity index (χ0n) is 19.3. The van der Waals surface area contributed by atoms with Crippen molar-refractivity contribution in [2.24, 2.45) is 5.10 Å². The summed E-state index contributed by atoms with van der Waals surface area (Å²) >= 11 is 0. The van der Waals surface area contributed by atoms with E-state index in [2.05, 4.69) is 15.8 Å². The monoisotopic (exact) mass is 462 g/mol. The Morgan fingerprint density at radius 3 is 2.15 bits per heavy atom. The van der Waals surface area contributed by atoms with Crippen LogP contribution in [0.3, 0.4) is 0 Å². The Labute approximate surface area is 196 Å². The number of nitrogens with one attached hydrogen (secondary N) is 2. The first-order valence-electron chi connectivity index (χ1n) is 10.5. The maximum atomic E-state index is 12.1. The van der Waals surface area contributed by atoms with Gasteiger partial charge < -0.3 is 20.1 Å². The number of hydrazone groups is 1. The lowest BCUT2D eigenvalue weighted by Gasteiger charge is -2.12. The van der Waals surface area contributed by atoms with Crippen LogP contribution in [0.1, 0.15) is 48.8 Å². The van der Waals surface area contributed by atoms with Crippen molar-refractivity contribution in [3.05, 3.63) is 81.7 Å². The van der Waals surface area contributed by atoms with Crippen molar-refractivity contribution in [3.63, 3.8) is 0 Å². The zero-order chi connectivity index (χ0) is 25.0. The molecule has 9 heteroatoms. The van der Waals surface area contributed by atoms with Gasteiger partial charge in [-0.1, -0.05) is 6.07 Å². The average Bonchev–Trinajstić information content (AvgIpc) is 3.07. The molecule has 4 N–H and O–H groups in total. The van der Waals surface area contributed by atoms with Gasteiger partial charge >= 0.3 is 11.9 Å². The highest BCUT2D eigenvalue weighted by molar-refractivity contribution is 5.95. The maximum absolute atomic E-state index is 12.1. The van der Waals surface area contributed by atoms with Crippen LogP contribution in [0.25, 0.3) is 5.69 Å². The zero-order valence-corrected chi connectivity index (χ0v) is 19.3. The summed E-state index contributed by atoms with van der Waals surface area (Å²) in [5, 5.41) is 25.8. The van der Waals surface area contributed by atoms with E-state index in [-0.39, 0.29) is 23.6 Å². The molecule has 0 aliphatic rings. The van der Waals surface area contributed by atoms with E-state index >= 15 is 0 Å². The van der Waals surface area contributed by atoms with Crippen molar-refractivity contribution in [2.45, 2.75) is 27.7 Å². The van der Waals surface area contributed by atoms with E-state index in [0.717, 1.165) is 23.0 Å². The molecule has 1 heterocycles. The number of carbonyl (C=O) groups is 3. The Hall–Kier alpha value is -4.40. The number of nitrogens with zero attached hydrogens (tertiary/aromatic N) is 2. The summed E-state index contributed by atoms with van der Waals surface area (Å²) in [6.07, 6.45) is 1.49. The summed E-state index contributed by atoms with van der Waals surface area (Å²) in [6, 6.07) is 11.6. The van der Waals surface area contributed by atoms with Crippen LogP contribution >= 0.6 is 0 Å². The smallest absolute Gasteiger partial charge is 0.335 e. The first-order valence-corrected chi connectivity index (χ1v) is 10.5. The minimum absolute atomic E-state index is 0.0544. The van der Waals surface area contributed by atoms with Crippen molar-refractivity contribution >= 4 is 29.7 Å². The van der Waals surface area contributed by atoms with Crippen LogP contribution in [0.15, 0.2) is 47.6 Å². The molecule has 176 valence electrons. The van der Waals surface area contributed by atoms with Gasteiger partial charge in [0.05, 0.1) is 23.9 Å². The van der Waals surface area contributed by atoms with Gasteiger partial charge in [-0.05, 0) is 75.2 Å². The Kier molecular flexibility index (Phi) is 7.15. The fraction of sp³-hybridized carbons (Fsp3) is 0.200.